The molecule has 1 atom stereocenters. The van der Waals surface area contributed by atoms with Crippen LogP contribution < -0.4 is 5.32 Å². The number of hydrogen-bond donors (Lipinski definition) is 1. The molecule has 0 radical (unpaired) electrons. The second-order valence-electron chi connectivity index (χ2n) is 6.51. The standard InChI is InChI=1S/C19H24N2O2/c1-14-7-6-10-16(18(14)19(23)21-11-4-5-12-21)20-17(22)13-15-8-2-3-9-15/h2,6-8,10,15H,3-5,9,11-13H2,1H3,(H,20,22)/t15-/m0/s1. The van der Waals surface area contributed by atoms with Gasteiger partial charge in [-0.05, 0) is 50.2 Å². The minimum Gasteiger partial charge on any atom is -0.339 e. The molecular weight excluding hydrogens is 288 g/mol. The molecule has 0 unspecified atom stereocenters. The first-order chi connectivity index (χ1) is 11.1. The van der Waals surface area contributed by atoms with Crippen LogP contribution in [0.3, 0.4) is 0 Å². The van der Waals surface area contributed by atoms with Gasteiger partial charge in [0.25, 0.3) is 5.91 Å². The highest BCUT2D eigenvalue weighted by Crippen LogP contribution is 2.25. The topological polar surface area (TPSA) is 49.4 Å². The number of carbonyl (C=O) groups is 2. The van der Waals surface area contributed by atoms with Crippen LogP contribution in [0.25, 0.3) is 0 Å². The molecule has 0 bridgehead atoms. The first-order valence-electron chi connectivity index (χ1n) is 8.50. The summed E-state index contributed by atoms with van der Waals surface area (Å²) in [6.07, 6.45) is 8.96. The van der Waals surface area contributed by atoms with Crippen molar-refractivity contribution in [1.29, 1.82) is 0 Å². The molecule has 0 saturated carbocycles. The van der Waals surface area contributed by atoms with E-state index < -0.39 is 0 Å². The summed E-state index contributed by atoms with van der Waals surface area (Å²) in [5.74, 6) is 0.358. The van der Waals surface area contributed by atoms with Crippen molar-refractivity contribution >= 4 is 17.5 Å². The number of aryl methyl sites for hydroxylation is 1. The van der Waals surface area contributed by atoms with Crippen molar-refractivity contribution in [3.63, 3.8) is 0 Å². The van der Waals surface area contributed by atoms with Crippen LogP contribution in [-0.4, -0.2) is 29.8 Å². The summed E-state index contributed by atoms with van der Waals surface area (Å²) in [6, 6.07) is 5.65. The highest BCUT2D eigenvalue weighted by molar-refractivity contribution is 6.05. The summed E-state index contributed by atoms with van der Waals surface area (Å²) in [5.41, 5.74) is 2.21. The molecule has 1 aromatic carbocycles. The molecule has 4 nitrogen and oxygen atoms in total. The van der Waals surface area contributed by atoms with Gasteiger partial charge in [-0.1, -0.05) is 24.3 Å². The van der Waals surface area contributed by atoms with Gasteiger partial charge in [0.1, 0.15) is 0 Å². The van der Waals surface area contributed by atoms with E-state index in [-0.39, 0.29) is 11.8 Å². The van der Waals surface area contributed by atoms with Gasteiger partial charge in [-0.2, -0.15) is 0 Å². The van der Waals surface area contributed by atoms with Gasteiger partial charge in [-0.15, -0.1) is 0 Å². The summed E-state index contributed by atoms with van der Waals surface area (Å²) in [6.45, 7) is 3.56. The largest absolute Gasteiger partial charge is 0.339 e. The lowest BCUT2D eigenvalue weighted by atomic mass is 10.0. The third-order valence-electron chi connectivity index (χ3n) is 4.71. The molecule has 1 aliphatic carbocycles. The quantitative estimate of drug-likeness (QED) is 0.865. The van der Waals surface area contributed by atoms with Crippen molar-refractivity contribution in [2.24, 2.45) is 5.92 Å². The van der Waals surface area contributed by atoms with E-state index in [2.05, 4.69) is 17.5 Å². The van der Waals surface area contributed by atoms with Gasteiger partial charge in [-0.3, -0.25) is 9.59 Å². The second kappa shape index (κ2) is 6.99. The van der Waals surface area contributed by atoms with Crippen molar-refractivity contribution in [2.45, 2.75) is 39.0 Å². The zero-order valence-electron chi connectivity index (χ0n) is 13.7. The Labute approximate surface area is 137 Å². The Kier molecular flexibility index (Phi) is 4.79. The minimum atomic E-state index is -0.0115. The fourth-order valence-electron chi connectivity index (χ4n) is 3.44. The Hall–Kier alpha value is -2.10. The summed E-state index contributed by atoms with van der Waals surface area (Å²) in [5, 5.41) is 2.96. The Bertz CT molecular complexity index is 630. The highest BCUT2D eigenvalue weighted by atomic mass is 16.2. The fourth-order valence-corrected chi connectivity index (χ4v) is 3.44. The van der Waals surface area contributed by atoms with E-state index in [1.54, 1.807) is 0 Å². The predicted molar refractivity (Wildman–Crippen MR) is 91.4 cm³/mol. The normalized spacial score (nSPS) is 20.0. The zero-order valence-corrected chi connectivity index (χ0v) is 13.7. The van der Waals surface area contributed by atoms with Crippen molar-refractivity contribution in [2.75, 3.05) is 18.4 Å². The molecule has 1 saturated heterocycles. The van der Waals surface area contributed by atoms with E-state index in [9.17, 15) is 9.59 Å². The fraction of sp³-hybridized carbons (Fsp3) is 0.474. The van der Waals surface area contributed by atoms with Gasteiger partial charge in [-0.25, -0.2) is 0 Å². The lowest BCUT2D eigenvalue weighted by Gasteiger charge is -2.20. The van der Waals surface area contributed by atoms with Crippen LogP contribution in [0.5, 0.6) is 0 Å². The zero-order chi connectivity index (χ0) is 16.2. The number of amides is 2. The molecule has 1 fully saturated rings. The number of hydrogen-bond acceptors (Lipinski definition) is 2. The Morgan fingerprint density at radius 1 is 1.26 bits per heavy atom. The third-order valence-corrected chi connectivity index (χ3v) is 4.71. The lowest BCUT2D eigenvalue weighted by molar-refractivity contribution is -0.116. The molecule has 3 rings (SSSR count). The van der Waals surface area contributed by atoms with E-state index in [4.69, 9.17) is 0 Å². The molecule has 1 aliphatic heterocycles. The number of nitrogens with one attached hydrogen (secondary N) is 1. The summed E-state index contributed by atoms with van der Waals surface area (Å²) >= 11 is 0. The average molecular weight is 312 g/mol. The Balaban J connectivity index is 1.75. The molecule has 1 heterocycles. The average Bonchev–Trinajstić information content (AvgIpc) is 3.20. The number of likely N-dealkylation sites (tertiary alicyclic amines) is 1. The van der Waals surface area contributed by atoms with Crippen molar-refractivity contribution < 1.29 is 9.59 Å². The number of nitrogens with zero attached hydrogens (tertiary/aromatic N) is 1. The number of benzene rings is 1. The van der Waals surface area contributed by atoms with E-state index >= 15 is 0 Å². The smallest absolute Gasteiger partial charge is 0.256 e. The van der Waals surface area contributed by atoms with Crippen LogP contribution >= 0.6 is 0 Å². The van der Waals surface area contributed by atoms with Gasteiger partial charge in [0.15, 0.2) is 0 Å². The van der Waals surface area contributed by atoms with Crippen LogP contribution in [0.15, 0.2) is 30.4 Å². The first-order valence-corrected chi connectivity index (χ1v) is 8.50. The SMILES string of the molecule is Cc1cccc(NC(=O)C[C@H]2C=CCC2)c1C(=O)N1CCCC1. The van der Waals surface area contributed by atoms with Crippen molar-refractivity contribution in [3.8, 4) is 0 Å². The molecule has 0 spiro atoms. The molecule has 122 valence electrons. The van der Waals surface area contributed by atoms with Gasteiger partial charge < -0.3 is 10.2 Å². The van der Waals surface area contributed by atoms with E-state index in [0.717, 1.165) is 44.3 Å². The van der Waals surface area contributed by atoms with Gasteiger partial charge in [0, 0.05) is 19.5 Å². The molecule has 4 heteroatoms. The third kappa shape index (κ3) is 3.63. The van der Waals surface area contributed by atoms with Crippen molar-refractivity contribution in [3.05, 3.63) is 41.5 Å². The number of rotatable bonds is 4. The molecule has 2 amide bonds. The maximum atomic E-state index is 12.8. The summed E-state index contributed by atoms with van der Waals surface area (Å²) in [7, 11) is 0. The second-order valence-corrected chi connectivity index (χ2v) is 6.51. The number of allylic oxidation sites excluding steroid dienone is 2. The highest BCUT2D eigenvalue weighted by Gasteiger charge is 2.24. The molecule has 1 N–H and O–H groups in total. The maximum Gasteiger partial charge on any atom is 0.256 e. The number of anilines is 1. The lowest BCUT2D eigenvalue weighted by Crippen LogP contribution is -2.29. The predicted octanol–water partition coefficient (Wildman–Crippen LogP) is 3.53. The van der Waals surface area contributed by atoms with Crippen molar-refractivity contribution in [1.82, 2.24) is 4.90 Å². The maximum absolute atomic E-state index is 12.8. The van der Waals surface area contributed by atoms with Crippen LogP contribution in [-0.2, 0) is 4.79 Å². The Morgan fingerprint density at radius 2 is 2.04 bits per heavy atom. The minimum absolute atomic E-state index is 0.0115. The van der Waals surface area contributed by atoms with Gasteiger partial charge in [0.05, 0.1) is 11.3 Å². The van der Waals surface area contributed by atoms with Crippen LogP contribution in [0.4, 0.5) is 5.69 Å². The Morgan fingerprint density at radius 3 is 2.74 bits per heavy atom. The molecule has 1 aromatic rings. The number of carbonyl (C=O) groups excluding carboxylic acids is 2. The van der Waals surface area contributed by atoms with Crippen LogP contribution in [0.2, 0.25) is 0 Å². The van der Waals surface area contributed by atoms with Crippen LogP contribution in [0.1, 0.15) is 48.0 Å². The van der Waals surface area contributed by atoms with E-state index in [1.165, 1.54) is 0 Å². The molecular formula is C19H24N2O2. The molecule has 23 heavy (non-hydrogen) atoms. The molecule has 0 aromatic heterocycles. The summed E-state index contributed by atoms with van der Waals surface area (Å²) in [4.78, 5) is 27.0. The summed E-state index contributed by atoms with van der Waals surface area (Å²) < 4.78 is 0. The van der Waals surface area contributed by atoms with Crippen LogP contribution in [0, 0.1) is 12.8 Å². The monoisotopic (exact) mass is 312 g/mol. The van der Waals surface area contributed by atoms with E-state index in [0.29, 0.717) is 23.6 Å². The first kappa shape index (κ1) is 15.8. The molecule has 2 aliphatic rings. The van der Waals surface area contributed by atoms with Gasteiger partial charge in [0.2, 0.25) is 5.91 Å². The van der Waals surface area contributed by atoms with E-state index in [1.807, 2.05) is 30.0 Å². The van der Waals surface area contributed by atoms with Gasteiger partial charge >= 0.3 is 0 Å².